The highest BCUT2D eigenvalue weighted by atomic mass is 19.1. The molecule has 0 saturated carbocycles. The molecule has 24 heavy (non-hydrogen) atoms. The Kier molecular flexibility index (Phi) is 4.52. The third-order valence-electron chi connectivity index (χ3n) is 3.45. The lowest BCUT2D eigenvalue weighted by Crippen LogP contribution is -2.07. The zero-order valence-corrected chi connectivity index (χ0v) is 13.3. The number of benzene rings is 1. The highest BCUT2D eigenvalue weighted by molar-refractivity contribution is 5.95. The van der Waals surface area contributed by atoms with Gasteiger partial charge in [0, 0.05) is 12.7 Å². The molecule has 7 heteroatoms. The van der Waals surface area contributed by atoms with Crippen LogP contribution >= 0.6 is 0 Å². The summed E-state index contributed by atoms with van der Waals surface area (Å²) in [5, 5.41) is 4.19. The monoisotopic (exact) mass is 329 g/mol. The zero-order valence-electron chi connectivity index (χ0n) is 13.3. The maximum absolute atomic E-state index is 13.5. The Balaban J connectivity index is 2.20. The Hall–Kier alpha value is -2.80. The molecular weight excluding hydrogens is 313 g/mol. The van der Waals surface area contributed by atoms with E-state index in [1.54, 1.807) is 32.2 Å². The second-order valence-corrected chi connectivity index (χ2v) is 5.09. The van der Waals surface area contributed by atoms with Crippen LogP contribution in [0.1, 0.15) is 23.0 Å². The predicted molar refractivity (Wildman–Crippen MR) is 85.1 cm³/mol. The van der Waals surface area contributed by atoms with Gasteiger partial charge in [-0.05, 0) is 25.1 Å². The molecule has 0 aliphatic carbocycles. The summed E-state index contributed by atoms with van der Waals surface area (Å²) in [6.45, 7) is 2.25. The van der Waals surface area contributed by atoms with Gasteiger partial charge in [0.25, 0.3) is 0 Å². The first kappa shape index (κ1) is 16.1. The molecule has 2 heterocycles. The van der Waals surface area contributed by atoms with Gasteiger partial charge in [0.15, 0.2) is 5.65 Å². The fourth-order valence-electron chi connectivity index (χ4n) is 2.42. The van der Waals surface area contributed by atoms with Crippen molar-refractivity contribution in [2.75, 3.05) is 13.7 Å². The molecule has 0 amide bonds. The molecule has 2 aromatic heterocycles. The minimum absolute atomic E-state index is 0.255. The van der Waals surface area contributed by atoms with E-state index in [4.69, 9.17) is 9.47 Å². The van der Waals surface area contributed by atoms with E-state index < -0.39 is 5.97 Å². The van der Waals surface area contributed by atoms with Crippen molar-refractivity contribution in [1.29, 1.82) is 0 Å². The number of nitrogens with zero attached hydrogens (tertiary/aromatic N) is 3. The fourth-order valence-corrected chi connectivity index (χ4v) is 2.42. The lowest BCUT2D eigenvalue weighted by molar-refractivity contribution is 0.0528. The third-order valence-corrected chi connectivity index (χ3v) is 3.45. The van der Waals surface area contributed by atoms with Gasteiger partial charge in [-0.1, -0.05) is 12.1 Å². The molecule has 0 saturated heterocycles. The van der Waals surface area contributed by atoms with Gasteiger partial charge < -0.3 is 9.47 Å². The average molecular weight is 329 g/mol. The van der Waals surface area contributed by atoms with Crippen LogP contribution in [0, 0.1) is 5.82 Å². The van der Waals surface area contributed by atoms with Crippen LogP contribution in [0.25, 0.3) is 16.9 Å². The first-order chi connectivity index (χ1) is 11.6. The average Bonchev–Trinajstić information content (AvgIpc) is 2.99. The number of carbonyl (C=O) groups excluding carboxylic acids is 1. The summed E-state index contributed by atoms with van der Waals surface area (Å²) in [7, 11) is 1.56. The molecule has 6 nitrogen and oxygen atoms in total. The molecule has 0 fully saturated rings. The van der Waals surface area contributed by atoms with Crippen molar-refractivity contribution in [2.45, 2.75) is 13.5 Å². The number of ether oxygens (including phenoxy) is 2. The molecule has 0 aliphatic rings. The number of fused-ring (bicyclic) bond motifs is 1. The van der Waals surface area contributed by atoms with Gasteiger partial charge in [-0.25, -0.2) is 18.7 Å². The van der Waals surface area contributed by atoms with Crippen LogP contribution in [0.3, 0.4) is 0 Å². The Morgan fingerprint density at radius 3 is 2.88 bits per heavy atom. The van der Waals surface area contributed by atoms with Crippen LogP contribution in [-0.2, 0) is 16.1 Å². The van der Waals surface area contributed by atoms with Crippen molar-refractivity contribution < 1.29 is 18.7 Å². The second kappa shape index (κ2) is 6.76. The van der Waals surface area contributed by atoms with Crippen molar-refractivity contribution in [3.63, 3.8) is 0 Å². The normalized spacial score (nSPS) is 11.0. The summed E-state index contributed by atoms with van der Waals surface area (Å²) in [5.41, 5.74) is 2.43. The topological polar surface area (TPSA) is 65.7 Å². The molecule has 0 spiro atoms. The van der Waals surface area contributed by atoms with Crippen LogP contribution in [0.15, 0.2) is 36.5 Å². The van der Waals surface area contributed by atoms with Gasteiger partial charge in [-0.3, -0.25) is 0 Å². The minimum Gasteiger partial charge on any atom is -0.462 e. The minimum atomic E-state index is -0.500. The highest BCUT2D eigenvalue weighted by Gasteiger charge is 2.18. The van der Waals surface area contributed by atoms with Gasteiger partial charge in [0.05, 0.1) is 30.8 Å². The van der Waals surface area contributed by atoms with Crippen molar-refractivity contribution in [1.82, 2.24) is 14.6 Å². The third kappa shape index (κ3) is 2.98. The van der Waals surface area contributed by atoms with E-state index in [0.29, 0.717) is 22.6 Å². The van der Waals surface area contributed by atoms with Crippen LogP contribution in [-0.4, -0.2) is 34.3 Å². The standard InChI is InChI=1S/C17H16FN3O3/c1-3-24-17(22)14-9-19-21-13(10-23-2)8-15(20-16(14)21)11-5-4-6-12(18)7-11/h4-9H,3,10H2,1-2H3. The zero-order chi connectivity index (χ0) is 17.1. The smallest absolute Gasteiger partial charge is 0.343 e. The van der Waals surface area contributed by atoms with E-state index in [1.165, 1.54) is 22.8 Å². The Morgan fingerprint density at radius 1 is 1.33 bits per heavy atom. The van der Waals surface area contributed by atoms with Gasteiger partial charge in [-0.2, -0.15) is 5.10 Å². The number of esters is 1. The van der Waals surface area contributed by atoms with Crippen molar-refractivity contribution in [3.05, 3.63) is 53.6 Å². The van der Waals surface area contributed by atoms with Crippen molar-refractivity contribution in [3.8, 4) is 11.3 Å². The summed E-state index contributed by atoms with van der Waals surface area (Å²) in [6.07, 6.45) is 1.41. The quantitative estimate of drug-likeness (QED) is 0.674. The molecule has 3 aromatic rings. The van der Waals surface area contributed by atoms with Crippen molar-refractivity contribution >= 4 is 11.6 Å². The van der Waals surface area contributed by atoms with Gasteiger partial charge in [0.2, 0.25) is 0 Å². The van der Waals surface area contributed by atoms with Crippen LogP contribution < -0.4 is 0 Å². The molecule has 0 aliphatic heterocycles. The number of carbonyl (C=O) groups is 1. The second-order valence-electron chi connectivity index (χ2n) is 5.09. The molecule has 124 valence electrons. The number of hydrogen-bond donors (Lipinski definition) is 0. The van der Waals surface area contributed by atoms with E-state index in [2.05, 4.69) is 10.1 Å². The fraction of sp³-hybridized carbons (Fsp3) is 0.235. The summed E-state index contributed by atoms with van der Waals surface area (Å²) in [5.74, 6) is -0.860. The Morgan fingerprint density at radius 2 is 2.17 bits per heavy atom. The number of hydrogen-bond acceptors (Lipinski definition) is 5. The molecule has 0 unspecified atom stereocenters. The van der Waals surface area contributed by atoms with E-state index >= 15 is 0 Å². The molecule has 0 atom stereocenters. The summed E-state index contributed by atoms with van der Waals surface area (Å²) in [6, 6.07) is 7.86. The summed E-state index contributed by atoms with van der Waals surface area (Å²) < 4.78 is 25.3. The van der Waals surface area contributed by atoms with E-state index in [0.717, 1.165) is 0 Å². The molecule has 0 radical (unpaired) electrons. The molecule has 3 rings (SSSR count). The number of rotatable bonds is 5. The van der Waals surface area contributed by atoms with E-state index in [-0.39, 0.29) is 24.6 Å². The van der Waals surface area contributed by atoms with Gasteiger partial charge in [-0.15, -0.1) is 0 Å². The van der Waals surface area contributed by atoms with E-state index in [1.807, 2.05) is 0 Å². The molecule has 0 bridgehead atoms. The number of aromatic nitrogens is 3. The lowest BCUT2D eigenvalue weighted by Gasteiger charge is -2.08. The largest absolute Gasteiger partial charge is 0.462 e. The van der Waals surface area contributed by atoms with Crippen molar-refractivity contribution in [2.24, 2.45) is 0 Å². The highest BCUT2D eigenvalue weighted by Crippen LogP contribution is 2.22. The molecular formula is C17H16FN3O3. The van der Waals surface area contributed by atoms with Gasteiger partial charge in [0.1, 0.15) is 11.4 Å². The van der Waals surface area contributed by atoms with E-state index in [9.17, 15) is 9.18 Å². The van der Waals surface area contributed by atoms with Crippen LogP contribution in [0.2, 0.25) is 0 Å². The summed E-state index contributed by atoms with van der Waals surface area (Å²) in [4.78, 5) is 16.6. The number of halogens is 1. The lowest BCUT2D eigenvalue weighted by atomic mass is 10.1. The number of methoxy groups -OCH3 is 1. The first-order valence-corrected chi connectivity index (χ1v) is 7.43. The molecule has 1 aromatic carbocycles. The Bertz CT molecular complexity index is 892. The first-order valence-electron chi connectivity index (χ1n) is 7.43. The SMILES string of the molecule is CCOC(=O)c1cnn2c(COC)cc(-c3cccc(F)c3)nc12. The maximum Gasteiger partial charge on any atom is 0.343 e. The van der Waals surface area contributed by atoms with Gasteiger partial charge >= 0.3 is 5.97 Å². The predicted octanol–water partition coefficient (Wildman–Crippen LogP) is 2.86. The van der Waals surface area contributed by atoms with Crippen LogP contribution in [0.4, 0.5) is 4.39 Å². The van der Waals surface area contributed by atoms with Crippen LogP contribution in [0.5, 0.6) is 0 Å². The Labute approximate surface area is 137 Å². The molecule has 0 N–H and O–H groups in total. The summed E-state index contributed by atoms with van der Waals surface area (Å²) >= 11 is 0. The maximum atomic E-state index is 13.5.